The highest BCUT2D eigenvalue weighted by molar-refractivity contribution is 5.78. The Hall–Kier alpha value is -2.02. The molecule has 0 spiro atoms. The average Bonchev–Trinajstić information content (AvgIpc) is 2.53. The summed E-state index contributed by atoms with van der Waals surface area (Å²) in [6.07, 6.45) is 5.46. The molecule has 1 heteroatoms. The van der Waals surface area contributed by atoms with Crippen LogP contribution in [-0.2, 0) is 4.74 Å². The van der Waals surface area contributed by atoms with Crippen molar-refractivity contribution in [1.82, 2.24) is 0 Å². The molecule has 0 aliphatic carbocycles. The van der Waals surface area contributed by atoms with Gasteiger partial charge in [-0.2, -0.15) is 0 Å². The minimum Gasteiger partial charge on any atom is -0.501 e. The topological polar surface area (TPSA) is 9.23 Å². The molecular weight excluding hydrogens is 244 g/mol. The minimum absolute atomic E-state index is 0.789. The van der Waals surface area contributed by atoms with E-state index in [9.17, 15) is 0 Å². The Bertz CT molecular complexity index is 472. The predicted octanol–water partition coefficient (Wildman–Crippen LogP) is 5.28. The molecule has 0 atom stereocenters. The van der Waals surface area contributed by atoms with Gasteiger partial charge in [-0.05, 0) is 17.5 Å². The van der Waals surface area contributed by atoms with Gasteiger partial charge in [-0.15, -0.1) is 0 Å². The highest BCUT2D eigenvalue weighted by Crippen LogP contribution is 2.23. The number of ether oxygens (including phenoxy) is 1. The third-order valence-electron chi connectivity index (χ3n) is 3.24. The Morgan fingerprint density at radius 2 is 1.40 bits per heavy atom. The van der Waals surface area contributed by atoms with E-state index in [0.717, 1.165) is 18.6 Å². The van der Waals surface area contributed by atoms with Crippen LogP contribution in [0.2, 0.25) is 0 Å². The number of unbranched alkanes of at least 4 members (excludes halogenated alkanes) is 2. The van der Waals surface area contributed by atoms with E-state index in [1.807, 2.05) is 18.4 Å². The molecule has 0 aliphatic heterocycles. The van der Waals surface area contributed by atoms with E-state index in [-0.39, 0.29) is 0 Å². The Balaban J connectivity index is 2.15. The van der Waals surface area contributed by atoms with Crippen molar-refractivity contribution in [2.45, 2.75) is 26.2 Å². The third kappa shape index (κ3) is 4.27. The molecule has 0 saturated heterocycles. The summed E-state index contributed by atoms with van der Waals surface area (Å²) in [5.74, 6) is 0. The summed E-state index contributed by atoms with van der Waals surface area (Å²) in [5, 5.41) is 0. The lowest BCUT2D eigenvalue weighted by atomic mass is 9.99. The first kappa shape index (κ1) is 14.4. The van der Waals surface area contributed by atoms with Crippen LogP contribution in [0.25, 0.3) is 5.57 Å². The molecule has 1 nitrogen and oxygen atoms in total. The molecule has 0 unspecified atom stereocenters. The van der Waals surface area contributed by atoms with Crippen LogP contribution in [0.3, 0.4) is 0 Å². The van der Waals surface area contributed by atoms with Crippen LogP contribution >= 0.6 is 0 Å². The smallest absolute Gasteiger partial charge is 0.0913 e. The Kier molecular flexibility index (Phi) is 5.91. The number of rotatable bonds is 7. The van der Waals surface area contributed by atoms with Crippen LogP contribution in [0.5, 0.6) is 0 Å². The number of benzene rings is 2. The van der Waals surface area contributed by atoms with Crippen LogP contribution < -0.4 is 0 Å². The van der Waals surface area contributed by atoms with Gasteiger partial charge >= 0.3 is 0 Å². The predicted molar refractivity (Wildman–Crippen MR) is 85.4 cm³/mol. The maximum atomic E-state index is 5.74. The van der Waals surface area contributed by atoms with Gasteiger partial charge in [-0.25, -0.2) is 0 Å². The van der Waals surface area contributed by atoms with E-state index < -0.39 is 0 Å². The lowest BCUT2D eigenvalue weighted by Crippen LogP contribution is -1.92. The van der Waals surface area contributed by atoms with E-state index in [4.69, 9.17) is 4.74 Å². The first-order valence-corrected chi connectivity index (χ1v) is 7.34. The maximum absolute atomic E-state index is 5.74. The molecular formula is C19H22O. The van der Waals surface area contributed by atoms with Crippen molar-refractivity contribution in [2.24, 2.45) is 0 Å². The molecule has 2 rings (SSSR count). The zero-order chi connectivity index (χ0) is 14.0. The Morgan fingerprint density at radius 3 is 1.90 bits per heavy atom. The van der Waals surface area contributed by atoms with Crippen LogP contribution in [0, 0.1) is 0 Å². The molecule has 20 heavy (non-hydrogen) atoms. The Morgan fingerprint density at radius 1 is 0.850 bits per heavy atom. The standard InChI is InChI=1S/C19H22O/c1-2-3-10-15-20-16-19(17-11-6-4-7-12-17)18-13-8-5-9-14-18/h4-9,11-14,16H,2-3,10,15H2,1H3. The van der Waals surface area contributed by atoms with Crippen molar-refractivity contribution in [3.05, 3.63) is 78.1 Å². The van der Waals surface area contributed by atoms with Crippen molar-refractivity contribution < 1.29 is 4.74 Å². The highest BCUT2D eigenvalue weighted by Gasteiger charge is 2.04. The largest absolute Gasteiger partial charge is 0.501 e. The summed E-state index contributed by atoms with van der Waals surface area (Å²) < 4.78 is 5.74. The van der Waals surface area contributed by atoms with Crippen molar-refractivity contribution >= 4 is 5.57 Å². The molecule has 0 N–H and O–H groups in total. The summed E-state index contributed by atoms with van der Waals surface area (Å²) in [7, 11) is 0. The summed E-state index contributed by atoms with van der Waals surface area (Å²) in [5.41, 5.74) is 3.52. The summed E-state index contributed by atoms with van der Waals surface area (Å²) in [4.78, 5) is 0. The third-order valence-corrected chi connectivity index (χ3v) is 3.24. The van der Waals surface area contributed by atoms with Gasteiger partial charge < -0.3 is 4.74 Å². The van der Waals surface area contributed by atoms with Gasteiger partial charge in [0.2, 0.25) is 0 Å². The zero-order valence-electron chi connectivity index (χ0n) is 12.1. The molecule has 0 bridgehead atoms. The molecule has 0 amide bonds. The maximum Gasteiger partial charge on any atom is 0.0913 e. The van der Waals surface area contributed by atoms with Gasteiger partial charge in [0, 0.05) is 5.57 Å². The monoisotopic (exact) mass is 266 g/mol. The fourth-order valence-electron chi connectivity index (χ4n) is 2.12. The van der Waals surface area contributed by atoms with Crippen molar-refractivity contribution in [3.8, 4) is 0 Å². The van der Waals surface area contributed by atoms with Gasteiger partial charge in [0.1, 0.15) is 0 Å². The zero-order valence-corrected chi connectivity index (χ0v) is 12.1. The first-order valence-electron chi connectivity index (χ1n) is 7.34. The van der Waals surface area contributed by atoms with E-state index in [0.29, 0.717) is 0 Å². The van der Waals surface area contributed by atoms with Gasteiger partial charge in [-0.3, -0.25) is 0 Å². The van der Waals surface area contributed by atoms with E-state index in [1.54, 1.807) is 0 Å². The summed E-state index contributed by atoms with van der Waals surface area (Å²) in [6, 6.07) is 20.8. The fourth-order valence-corrected chi connectivity index (χ4v) is 2.12. The lowest BCUT2D eigenvalue weighted by molar-refractivity contribution is 0.243. The minimum atomic E-state index is 0.789. The number of hydrogen-bond acceptors (Lipinski definition) is 1. The van der Waals surface area contributed by atoms with E-state index in [1.165, 1.54) is 24.0 Å². The van der Waals surface area contributed by atoms with Crippen molar-refractivity contribution in [2.75, 3.05) is 6.61 Å². The molecule has 0 aliphatic rings. The second kappa shape index (κ2) is 8.21. The van der Waals surface area contributed by atoms with Crippen molar-refractivity contribution in [3.63, 3.8) is 0 Å². The molecule has 0 radical (unpaired) electrons. The second-order valence-electron chi connectivity index (χ2n) is 4.84. The molecule has 2 aromatic rings. The first-order chi connectivity index (χ1) is 9.92. The molecule has 0 heterocycles. The molecule has 0 aromatic heterocycles. The van der Waals surface area contributed by atoms with Gasteiger partial charge in [-0.1, -0.05) is 80.4 Å². The average molecular weight is 266 g/mol. The van der Waals surface area contributed by atoms with Gasteiger partial charge in [0.05, 0.1) is 12.9 Å². The lowest BCUT2D eigenvalue weighted by Gasteiger charge is -2.09. The van der Waals surface area contributed by atoms with Crippen LogP contribution in [0.1, 0.15) is 37.3 Å². The highest BCUT2D eigenvalue weighted by atomic mass is 16.5. The molecule has 0 fully saturated rings. The summed E-state index contributed by atoms with van der Waals surface area (Å²) in [6.45, 7) is 2.99. The van der Waals surface area contributed by atoms with Gasteiger partial charge in [0.15, 0.2) is 0 Å². The Labute approximate surface area is 121 Å². The molecule has 2 aromatic carbocycles. The molecule has 0 saturated carbocycles. The van der Waals surface area contributed by atoms with Crippen LogP contribution in [0.15, 0.2) is 66.9 Å². The molecule has 104 valence electrons. The van der Waals surface area contributed by atoms with E-state index >= 15 is 0 Å². The normalized spacial score (nSPS) is 10.1. The summed E-state index contributed by atoms with van der Waals surface area (Å²) >= 11 is 0. The number of hydrogen-bond donors (Lipinski definition) is 0. The quantitative estimate of drug-likeness (QED) is 0.489. The second-order valence-corrected chi connectivity index (χ2v) is 4.84. The van der Waals surface area contributed by atoms with Gasteiger partial charge in [0.25, 0.3) is 0 Å². The van der Waals surface area contributed by atoms with Crippen molar-refractivity contribution in [1.29, 1.82) is 0 Å². The SMILES string of the molecule is CCCCCOC=C(c1ccccc1)c1ccccc1. The fraction of sp³-hybridized carbons (Fsp3) is 0.263. The van der Waals surface area contributed by atoms with E-state index in [2.05, 4.69) is 55.5 Å². The van der Waals surface area contributed by atoms with Crippen LogP contribution in [-0.4, -0.2) is 6.61 Å². The van der Waals surface area contributed by atoms with Crippen LogP contribution in [0.4, 0.5) is 0 Å².